The second kappa shape index (κ2) is 12.2. The molecule has 1 unspecified atom stereocenters. The van der Waals surface area contributed by atoms with E-state index in [4.69, 9.17) is 4.74 Å². The number of methoxy groups -OCH3 is 1. The third kappa shape index (κ3) is 7.41. The first kappa shape index (κ1) is 27.6. The lowest BCUT2D eigenvalue weighted by atomic mass is 10.1. The normalized spacial score (nSPS) is 11.9. The highest BCUT2D eigenvalue weighted by Gasteiger charge is 2.32. The molecule has 2 aromatic rings. The van der Waals surface area contributed by atoms with Gasteiger partial charge in [-0.05, 0) is 37.1 Å². The average Bonchev–Trinajstić information content (AvgIpc) is 2.81. The molecule has 2 aromatic carbocycles. The summed E-state index contributed by atoms with van der Waals surface area (Å²) in [5.74, 6) is -0.439. The number of nitrogens with one attached hydrogen (secondary N) is 1. The van der Waals surface area contributed by atoms with Crippen molar-refractivity contribution in [2.75, 3.05) is 30.8 Å². The molecule has 12 heteroatoms. The molecule has 0 aliphatic rings. The fourth-order valence-electron chi connectivity index (χ4n) is 3.55. The summed E-state index contributed by atoms with van der Waals surface area (Å²) < 4.78 is 31.2. The van der Waals surface area contributed by atoms with Gasteiger partial charge < -0.3 is 15.0 Å². The number of benzene rings is 2. The first-order chi connectivity index (χ1) is 16.5. The lowest BCUT2D eigenvalue weighted by Crippen LogP contribution is -2.52. The molecule has 0 bridgehead atoms. The number of nitrogens with zero attached hydrogens (tertiary/aromatic N) is 3. The molecule has 1 atom stereocenters. The SMILES string of the molecule is CCNC(=O)C(CC)N(Cc1cccc(OC)c1)C(=O)CN(c1cccc([N+](=O)[O-])c1)S(C)(=O)=O. The summed E-state index contributed by atoms with van der Waals surface area (Å²) in [4.78, 5) is 38.2. The van der Waals surface area contributed by atoms with Crippen LogP contribution in [0.3, 0.4) is 0 Å². The van der Waals surface area contributed by atoms with Gasteiger partial charge in [-0.3, -0.25) is 24.0 Å². The monoisotopic (exact) mass is 506 g/mol. The number of nitro benzene ring substituents is 1. The Morgan fingerprint density at radius 2 is 1.83 bits per heavy atom. The van der Waals surface area contributed by atoms with Crippen molar-refractivity contribution in [2.24, 2.45) is 0 Å². The molecular formula is C23H30N4O7S. The zero-order valence-electron chi connectivity index (χ0n) is 20.1. The minimum Gasteiger partial charge on any atom is -0.497 e. The molecule has 2 rings (SSSR count). The predicted molar refractivity (Wildman–Crippen MR) is 132 cm³/mol. The number of non-ortho nitro benzene ring substituents is 1. The summed E-state index contributed by atoms with van der Waals surface area (Å²) in [6, 6.07) is 11.1. The van der Waals surface area contributed by atoms with E-state index in [2.05, 4.69) is 5.32 Å². The molecule has 0 aliphatic heterocycles. The Morgan fingerprint density at radius 1 is 1.14 bits per heavy atom. The summed E-state index contributed by atoms with van der Waals surface area (Å²) in [7, 11) is -2.48. The van der Waals surface area contributed by atoms with Gasteiger partial charge in [-0.25, -0.2) is 8.42 Å². The number of anilines is 1. The molecule has 0 radical (unpaired) electrons. The van der Waals surface area contributed by atoms with Crippen LogP contribution in [-0.4, -0.2) is 62.6 Å². The van der Waals surface area contributed by atoms with Gasteiger partial charge in [-0.2, -0.15) is 0 Å². The first-order valence-corrected chi connectivity index (χ1v) is 12.8. The van der Waals surface area contributed by atoms with Gasteiger partial charge in [-0.1, -0.05) is 25.1 Å². The number of nitro groups is 1. The molecule has 11 nitrogen and oxygen atoms in total. The molecule has 0 saturated carbocycles. The van der Waals surface area contributed by atoms with E-state index in [0.717, 1.165) is 16.6 Å². The van der Waals surface area contributed by atoms with E-state index in [1.165, 1.54) is 30.2 Å². The van der Waals surface area contributed by atoms with Gasteiger partial charge in [0.25, 0.3) is 5.69 Å². The Morgan fingerprint density at radius 3 is 2.40 bits per heavy atom. The van der Waals surface area contributed by atoms with Crippen LogP contribution in [0.5, 0.6) is 5.75 Å². The van der Waals surface area contributed by atoms with E-state index in [0.29, 0.717) is 17.9 Å². The number of carbonyl (C=O) groups is 2. The molecule has 0 heterocycles. The van der Waals surface area contributed by atoms with Gasteiger partial charge in [0.1, 0.15) is 18.3 Å². The third-order valence-electron chi connectivity index (χ3n) is 5.23. The van der Waals surface area contributed by atoms with E-state index in [-0.39, 0.29) is 30.2 Å². The lowest BCUT2D eigenvalue weighted by Gasteiger charge is -2.32. The van der Waals surface area contributed by atoms with Crippen LogP contribution < -0.4 is 14.4 Å². The van der Waals surface area contributed by atoms with Gasteiger partial charge in [0, 0.05) is 25.2 Å². The number of hydrogen-bond donors (Lipinski definition) is 1. The molecular weight excluding hydrogens is 476 g/mol. The first-order valence-electron chi connectivity index (χ1n) is 10.9. The Labute approximate surface area is 204 Å². The number of carbonyl (C=O) groups excluding carboxylic acids is 2. The fraction of sp³-hybridized carbons (Fsp3) is 0.391. The van der Waals surface area contributed by atoms with Crippen LogP contribution in [0.1, 0.15) is 25.8 Å². The second-order valence-electron chi connectivity index (χ2n) is 7.74. The minimum atomic E-state index is -3.99. The summed E-state index contributed by atoms with van der Waals surface area (Å²) in [5, 5.41) is 13.9. The van der Waals surface area contributed by atoms with Gasteiger partial charge in [-0.15, -0.1) is 0 Å². The van der Waals surface area contributed by atoms with E-state index in [1.54, 1.807) is 38.1 Å². The molecule has 0 aliphatic carbocycles. The van der Waals surface area contributed by atoms with Crippen LogP contribution >= 0.6 is 0 Å². The molecule has 0 spiro atoms. The summed E-state index contributed by atoms with van der Waals surface area (Å²) in [6.07, 6.45) is 1.20. The summed E-state index contributed by atoms with van der Waals surface area (Å²) in [6.45, 7) is 3.25. The smallest absolute Gasteiger partial charge is 0.271 e. The molecule has 0 aromatic heterocycles. The third-order valence-corrected chi connectivity index (χ3v) is 6.37. The summed E-state index contributed by atoms with van der Waals surface area (Å²) in [5.41, 5.74) is 0.342. The average molecular weight is 507 g/mol. The molecule has 0 saturated heterocycles. The van der Waals surface area contributed by atoms with Crippen molar-refractivity contribution in [1.29, 1.82) is 0 Å². The van der Waals surface area contributed by atoms with Crippen LogP contribution in [0.2, 0.25) is 0 Å². The highest BCUT2D eigenvalue weighted by Crippen LogP contribution is 2.24. The number of amides is 2. The zero-order chi connectivity index (χ0) is 26.2. The van der Waals surface area contributed by atoms with Gasteiger partial charge in [0.05, 0.1) is 24.0 Å². The van der Waals surface area contributed by atoms with Gasteiger partial charge >= 0.3 is 0 Å². The quantitative estimate of drug-likeness (QED) is 0.344. The van der Waals surface area contributed by atoms with Crippen LogP contribution in [0, 0.1) is 10.1 Å². The van der Waals surface area contributed by atoms with Crippen LogP contribution in [0.4, 0.5) is 11.4 Å². The maximum absolute atomic E-state index is 13.5. The second-order valence-corrected chi connectivity index (χ2v) is 9.65. The fourth-order valence-corrected chi connectivity index (χ4v) is 4.40. The van der Waals surface area contributed by atoms with Crippen molar-refractivity contribution in [3.05, 3.63) is 64.2 Å². The highest BCUT2D eigenvalue weighted by atomic mass is 32.2. The minimum absolute atomic E-state index is 0.0255. The molecule has 1 N–H and O–H groups in total. The molecule has 2 amide bonds. The number of rotatable bonds is 12. The number of hydrogen-bond acceptors (Lipinski definition) is 7. The standard InChI is InChI=1S/C23H30N4O7S/c1-5-21(23(29)24-6-2)25(15-17-9-7-12-20(13-17)34-3)22(28)16-26(35(4,32)33)18-10-8-11-19(14-18)27(30)31/h7-14,21H,5-6,15-16H2,1-4H3,(H,24,29). The molecule has 190 valence electrons. The van der Waals surface area contributed by atoms with Crippen LogP contribution in [0.25, 0.3) is 0 Å². The predicted octanol–water partition coefficient (Wildman–Crippen LogP) is 2.31. The van der Waals surface area contributed by atoms with Crippen LogP contribution in [-0.2, 0) is 26.2 Å². The number of likely N-dealkylation sites (N-methyl/N-ethyl adjacent to an activating group) is 1. The number of ether oxygens (including phenoxy) is 1. The van der Waals surface area contributed by atoms with Crippen molar-refractivity contribution in [3.63, 3.8) is 0 Å². The zero-order valence-corrected chi connectivity index (χ0v) is 20.9. The maximum Gasteiger partial charge on any atom is 0.271 e. The van der Waals surface area contributed by atoms with Crippen molar-refractivity contribution in [1.82, 2.24) is 10.2 Å². The highest BCUT2D eigenvalue weighted by molar-refractivity contribution is 7.92. The van der Waals surface area contributed by atoms with Crippen molar-refractivity contribution in [2.45, 2.75) is 32.9 Å². The van der Waals surface area contributed by atoms with Gasteiger partial charge in [0.2, 0.25) is 21.8 Å². The number of sulfonamides is 1. The lowest BCUT2D eigenvalue weighted by molar-refractivity contribution is -0.384. The topological polar surface area (TPSA) is 139 Å². The van der Waals surface area contributed by atoms with Gasteiger partial charge in [0.15, 0.2) is 0 Å². The van der Waals surface area contributed by atoms with Crippen molar-refractivity contribution in [3.8, 4) is 5.75 Å². The maximum atomic E-state index is 13.5. The van der Waals surface area contributed by atoms with Crippen molar-refractivity contribution >= 4 is 33.2 Å². The Balaban J connectivity index is 2.48. The Hall–Kier alpha value is -3.67. The summed E-state index contributed by atoms with van der Waals surface area (Å²) >= 11 is 0. The largest absolute Gasteiger partial charge is 0.497 e. The van der Waals surface area contributed by atoms with E-state index < -0.39 is 33.4 Å². The Bertz CT molecular complexity index is 1170. The molecule has 0 fully saturated rings. The van der Waals surface area contributed by atoms with Crippen molar-refractivity contribution < 1.29 is 27.7 Å². The van der Waals surface area contributed by atoms with E-state index in [1.807, 2.05) is 0 Å². The van der Waals surface area contributed by atoms with E-state index in [9.17, 15) is 28.1 Å². The Kier molecular flexibility index (Phi) is 9.58. The van der Waals surface area contributed by atoms with E-state index >= 15 is 0 Å². The molecule has 35 heavy (non-hydrogen) atoms. The van der Waals surface area contributed by atoms with Crippen LogP contribution in [0.15, 0.2) is 48.5 Å².